The summed E-state index contributed by atoms with van der Waals surface area (Å²) >= 11 is -2.45. The van der Waals surface area contributed by atoms with Crippen LogP contribution < -0.4 is 4.74 Å². The average molecular weight is 507 g/mol. The van der Waals surface area contributed by atoms with Gasteiger partial charge in [-0.05, 0) is 0 Å². The maximum atomic E-state index is 5.45. The van der Waals surface area contributed by atoms with Crippen molar-refractivity contribution in [3.63, 3.8) is 0 Å². The molecule has 0 atom stereocenters. The molecule has 2 heteroatoms. The number of rotatable bonds is 17. The molecular formula is C27H48OSn. The van der Waals surface area contributed by atoms with Gasteiger partial charge in [-0.2, -0.15) is 0 Å². The molecule has 0 aliphatic heterocycles. The van der Waals surface area contributed by atoms with Crippen LogP contribution in [-0.2, 0) is 0 Å². The number of unbranched alkanes of at least 4 members (excludes halogenated alkanes) is 7. The molecule has 166 valence electrons. The molecule has 0 fully saturated rings. The summed E-state index contributed by atoms with van der Waals surface area (Å²) in [5, 5.41) is 0. The van der Waals surface area contributed by atoms with E-state index in [0.717, 1.165) is 5.75 Å². The monoisotopic (exact) mass is 508 g/mol. The summed E-state index contributed by atoms with van der Waals surface area (Å²) in [5.41, 5.74) is 1.51. The molecule has 1 aromatic carbocycles. The van der Waals surface area contributed by atoms with E-state index in [0.29, 0.717) is 0 Å². The van der Waals surface area contributed by atoms with Crippen molar-refractivity contribution in [2.75, 3.05) is 7.11 Å². The van der Waals surface area contributed by atoms with Crippen molar-refractivity contribution in [3.8, 4) is 5.75 Å². The van der Waals surface area contributed by atoms with Crippen molar-refractivity contribution in [2.45, 2.75) is 112 Å². The molecule has 1 nitrogen and oxygen atoms in total. The van der Waals surface area contributed by atoms with Crippen molar-refractivity contribution in [2.24, 2.45) is 0 Å². The summed E-state index contributed by atoms with van der Waals surface area (Å²) in [6.45, 7) is 9.42. The Balaban J connectivity index is 3.30. The van der Waals surface area contributed by atoms with Crippen molar-refractivity contribution >= 4 is 22.0 Å². The van der Waals surface area contributed by atoms with Gasteiger partial charge in [0.2, 0.25) is 0 Å². The molecule has 0 saturated carbocycles. The third-order valence-electron chi connectivity index (χ3n) is 6.41. The van der Waals surface area contributed by atoms with Gasteiger partial charge in [-0.25, -0.2) is 0 Å². The predicted molar refractivity (Wildman–Crippen MR) is 135 cm³/mol. The minimum atomic E-state index is -2.45. The summed E-state index contributed by atoms with van der Waals surface area (Å²) in [4.78, 5) is 0. The number of ether oxygens (including phenoxy) is 1. The van der Waals surface area contributed by atoms with Crippen LogP contribution in [-0.4, -0.2) is 25.5 Å². The molecule has 0 saturated heterocycles. The number of hydrogen-bond acceptors (Lipinski definition) is 1. The number of allylic oxidation sites excluding steroid dienone is 1. The molecule has 0 N–H and O–H groups in total. The van der Waals surface area contributed by atoms with Crippen LogP contribution in [0.4, 0.5) is 0 Å². The first-order valence-corrected chi connectivity index (χ1v) is 20.0. The van der Waals surface area contributed by atoms with Crippen LogP contribution in [0.1, 0.15) is 104 Å². The summed E-state index contributed by atoms with van der Waals surface area (Å²) in [6.07, 6.45) is 17.7. The van der Waals surface area contributed by atoms with Gasteiger partial charge in [0, 0.05) is 0 Å². The van der Waals surface area contributed by atoms with Gasteiger partial charge in [0.1, 0.15) is 0 Å². The molecule has 0 aliphatic carbocycles. The van der Waals surface area contributed by atoms with Gasteiger partial charge >= 0.3 is 187 Å². The topological polar surface area (TPSA) is 9.23 Å². The maximum absolute atomic E-state index is 5.45. The third kappa shape index (κ3) is 9.49. The van der Waals surface area contributed by atoms with E-state index >= 15 is 0 Å². The first kappa shape index (κ1) is 26.6. The Kier molecular flexibility index (Phi) is 14.9. The SMILES string of the molecule is CCCCCC/C=[C](\c1ccc(OC)cc1)[Sn]([CH2]CCC)([CH2]CCC)[CH2]CCC. The van der Waals surface area contributed by atoms with Crippen LogP contribution >= 0.6 is 0 Å². The van der Waals surface area contributed by atoms with Gasteiger partial charge in [-0.3, -0.25) is 0 Å². The van der Waals surface area contributed by atoms with Gasteiger partial charge in [0.05, 0.1) is 0 Å². The van der Waals surface area contributed by atoms with E-state index in [1.807, 2.05) is 3.59 Å². The van der Waals surface area contributed by atoms with Crippen LogP contribution in [0.25, 0.3) is 3.59 Å². The molecule has 0 radical (unpaired) electrons. The first-order chi connectivity index (χ1) is 14.2. The second-order valence-corrected chi connectivity index (χ2v) is 21.9. The summed E-state index contributed by atoms with van der Waals surface area (Å²) < 4.78 is 11.9. The molecular weight excluding hydrogens is 459 g/mol. The minimum absolute atomic E-state index is 0.979. The molecule has 0 aromatic heterocycles. The van der Waals surface area contributed by atoms with E-state index in [-0.39, 0.29) is 0 Å². The second-order valence-electron chi connectivity index (χ2n) is 8.79. The van der Waals surface area contributed by atoms with Crippen molar-refractivity contribution in [3.05, 3.63) is 35.9 Å². The first-order valence-electron chi connectivity index (χ1n) is 12.5. The van der Waals surface area contributed by atoms with Crippen molar-refractivity contribution in [1.82, 2.24) is 0 Å². The van der Waals surface area contributed by atoms with E-state index < -0.39 is 18.4 Å². The normalized spacial score (nSPS) is 12.4. The Bertz CT molecular complexity index is 524. The zero-order valence-corrected chi connectivity index (χ0v) is 23.0. The van der Waals surface area contributed by atoms with E-state index in [1.54, 1.807) is 7.11 Å². The van der Waals surface area contributed by atoms with Crippen molar-refractivity contribution < 1.29 is 4.74 Å². The van der Waals surface area contributed by atoms with E-state index in [9.17, 15) is 0 Å². The van der Waals surface area contributed by atoms with Gasteiger partial charge in [-0.1, -0.05) is 0 Å². The zero-order chi connectivity index (χ0) is 21.4. The van der Waals surface area contributed by atoms with Gasteiger partial charge < -0.3 is 0 Å². The molecule has 0 bridgehead atoms. The summed E-state index contributed by atoms with van der Waals surface area (Å²) in [6, 6.07) is 9.06. The molecule has 29 heavy (non-hydrogen) atoms. The molecule has 0 spiro atoms. The molecule has 1 aromatic rings. The zero-order valence-electron chi connectivity index (χ0n) is 20.2. The molecule has 1 rings (SSSR count). The Hall–Kier alpha value is -0.441. The van der Waals surface area contributed by atoms with Gasteiger partial charge in [0.25, 0.3) is 0 Å². The van der Waals surface area contributed by atoms with Gasteiger partial charge in [0.15, 0.2) is 0 Å². The number of hydrogen-bond donors (Lipinski definition) is 0. The fourth-order valence-corrected chi connectivity index (χ4v) is 21.7. The van der Waals surface area contributed by atoms with Crippen LogP contribution in [0.3, 0.4) is 0 Å². The molecule has 0 aliphatic rings. The van der Waals surface area contributed by atoms with E-state index in [2.05, 4.69) is 58.0 Å². The number of benzene rings is 1. The third-order valence-corrected chi connectivity index (χ3v) is 22.3. The fraction of sp³-hybridized carbons (Fsp3) is 0.704. The molecule has 0 unspecified atom stereocenters. The molecule has 0 heterocycles. The Morgan fingerprint density at radius 2 is 1.24 bits per heavy atom. The Morgan fingerprint density at radius 3 is 1.69 bits per heavy atom. The molecule has 0 amide bonds. The van der Waals surface area contributed by atoms with E-state index in [4.69, 9.17) is 4.74 Å². The summed E-state index contributed by atoms with van der Waals surface area (Å²) in [5.74, 6) is 0.979. The second kappa shape index (κ2) is 16.3. The quantitative estimate of drug-likeness (QED) is 0.151. The average Bonchev–Trinajstić information content (AvgIpc) is 2.76. The van der Waals surface area contributed by atoms with Crippen LogP contribution in [0.5, 0.6) is 5.75 Å². The number of methoxy groups -OCH3 is 1. The van der Waals surface area contributed by atoms with Crippen molar-refractivity contribution in [1.29, 1.82) is 0 Å². The van der Waals surface area contributed by atoms with Crippen LogP contribution in [0.15, 0.2) is 30.3 Å². The Morgan fingerprint density at radius 1 is 0.724 bits per heavy atom. The van der Waals surface area contributed by atoms with Crippen LogP contribution in [0, 0.1) is 0 Å². The predicted octanol–water partition coefficient (Wildman–Crippen LogP) is 9.44. The fourth-order valence-electron chi connectivity index (χ4n) is 4.55. The standard InChI is InChI=1S/C15H21O.3C4H9.Sn/c1-3-4-5-6-7-8-9-14-10-12-15(16-2)13-11-14;3*1-3-4-2;/h8,10-13H,3-7H2,1-2H3;3*1,3-4H2,2H3;. The van der Waals surface area contributed by atoms with E-state index in [1.165, 1.54) is 89.5 Å². The Labute approximate surface area is 186 Å². The van der Waals surface area contributed by atoms with Gasteiger partial charge in [-0.15, -0.1) is 0 Å². The summed E-state index contributed by atoms with van der Waals surface area (Å²) in [7, 11) is 1.77. The van der Waals surface area contributed by atoms with Crippen LogP contribution in [0.2, 0.25) is 13.3 Å².